The molecule has 1 fully saturated rings. The second-order valence-electron chi connectivity index (χ2n) is 7.08. The van der Waals surface area contributed by atoms with Crippen molar-refractivity contribution in [1.29, 1.82) is 0 Å². The molecular weight excluding hydrogens is 260 g/mol. The van der Waals surface area contributed by atoms with Crippen LogP contribution in [0.1, 0.15) is 44.4 Å². The van der Waals surface area contributed by atoms with Crippen LogP contribution in [0.5, 0.6) is 0 Å². The van der Waals surface area contributed by atoms with Crippen molar-refractivity contribution in [3.63, 3.8) is 0 Å². The minimum absolute atomic E-state index is 0.253. The molecule has 0 amide bonds. The summed E-state index contributed by atoms with van der Waals surface area (Å²) in [5.41, 5.74) is 2.81. The molecular formula is C17H26N4. The molecule has 4 nitrogen and oxygen atoms in total. The highest BCUT2D eigenvalue weighted by molar-refractivity contribution is 5.54. The number of piperazine rings is 1. The van der Waals surface area contributed by atoms with Gasteiger partial charge in [0, 0.05) is 48.9 Å². The van der Waals surface area contributed by atoms with E-state index in [9.17, 15) is 0 Å². The van der Waals surface area contributed by atoms with Gasteiger partial charge in [0.2, 0.25) is 0 Å². The average Bonchev–Trinajstić information content (AvgIpc) is 2.89. The summed E-state index contributed by atoms with van der Waals surface area (Å²) < 4.78 is 0. The minimum Gasteiger partial charge on any atom is -0.354 e. The Balaban J connectivity index is 1.81. The molecule has 1 aliphatic carbocycles. The van der Waals surface area contributed by atoms with Gasteiger partial charge in [0.05, 0.1) is 0 Å². The lowest BCUT2D eigenvalue weighted by molar-refractivity contribution is 0.128. The van der Waals surface area contributed by atoms with Gasteiger partial charge >= 0.3 is 0 Å². The molecule has 1 atom stereocenters. The predicted molar refractivity (Wildman–Crippen MR) is 86.8 cm³/mol. The first-order valence-corrected chi connectivity index (χ1v) is 7.97. The number of rotatable bonds is 2. The summed E-state index contributed by atoms with van der Waals surface area (Å²) in [6.45, 7) is 15.2. The second kappa shape index (κ2) is 5.41. The van der Waals surface area contributed by atoms with Gasteiger partial charge in [-0.25, -0.2) is 9.97 Å². The van der Waals surface area contributed by atoms with E-state index in [0.717, 1.165) is 44.8 Å². The smallest absolute Gasteiger partial charge is 0.136 e. The topological polar surface area (TPSA) is 32.3 Å². The third kappa shape index (κ3) is 2.69. The van der Waals surface area contributed by atoms with Crippen molar-refractivity contribution >= 4 is 5.82 Å². The van der Waals surface area contributed by atoms with Crippen LogP contribution in [0.15, 0.2) is 19.0 Å². The summed E-state index contributed by atoms with van der Waals surface area (Å²) in [5.74, 6) is 1.58. The van der Waals surface area contributed by atoms with Gasteiger partial charge in [-0.1, -0.05) is 6.08 Å². The molecule has 21 heavy (non-hydrogen) atoms. The van der Waals surface area contributed by atoms with Crippen LogP contribution in [0.25, 0.3) is 0 Å². The number of fused-ring (bicyclic) bond motifs is 1. The van der Waals surface area contributed by atoms with E-state index in [0.29, 0.717) is 5.92 Å². The number of aryl methyl sites for hydroxylation is 1. The monoisotopic (exact) mass is 286 g/mol. The van der Waals surface area contributed by atoms with E-state index in [2.05, 4.69) is 53.2 Å². The lowest BCUT2D eigenvalue weighted by Gasteiger charge is -2.43. The Morgan fingerprint density at radius 3 is 2.52 bits per heavy atom. The molecule has 0 spiro atoms. The Morgan fingerprint density at radius 1 is 1.19 bits per heavy atom. The first-order chi connectivity index (χ1) is 10.0. The van der Waals surface area contributed by atoms with E-state index in [1.807, 2.05) is 0 Å². The van der Waals surface area contributed by atoms with Gasteiger partial charge in [-0.15, -0.1) is 6.58 Å². The quantitative estimate of drug-likeness (QED) is 0.782. The van der Waals surface area contributed by atoms with Gasteiger partial charge in [0.1, 0.15) is 12.1 Å². The molecule has 2 aliphatic rings. The summed E-state index contributed by atoms with van der Waals surface area (Å²) in [4.78, 5) is 14.1. The van der Waals surface area contributed by atoms with Gasteiger partial charge in [-0.2, -0.15) is 0 Å². The molecule has 4 heteroatoms. The van der Waals surface area contributed by atoms with Crippen molar-refractivity contribution in [3.05, 3.63) is 30.2 Å². The molecule has 1 saturated heterocycles. The predicted octanol–water partition coefficient (Wildman–Crippen LogP) is 2.61. The Kier molecular flexibility index (Phi) is 3.74. The van der Waals surface area contributed by atoms with Crippen LogP contribution < -0.4 is 4.90 Å². The number of hydrogen-bond donors (Lipinski definition) is 0. The van der Waals surface area contributed by atoms with Crippen molar-refractivity contribution in [2.45, 2.75) is 45.1 Å². The average molecular weight is 286 g/mol. The van der Waals surface area contributed by atoms with Crippen molar-refractivity contribution in [2.24, 2.45) is 0 Å². The maximum Gasteiger partial charge on any atom is 0.136 e. The zero-order chi connectivity index (χ0) is 15.0. The Bertz CT molecular complexity index is 524. The lowest BCUT2D eigenvalue weighted by atomic mass is 10.0. The zero-order valence-electron chi connectivity index (χ0n) is 13.5. The SMILES string of the molecule is C=CC1CCc2ncnc(N3CCN(C(C)(C)C)CC3)c21. The fourth-order valence-corrected chi connectivity index (χ4v) is 3.51. The molecule has 114 valence electrons. The molecule has 3 rings (SSSR count). The number of nitrogens with zero attached hydrogens (tertiary/aromatic N) is 4. The maximum atomic E-state index is 4.61. The van der Waals surface area contributed by atoms with Crippen LogP contribution in [-0.4, -0.2) is 46.6 Å². The summed E-state index contributed by atoms with van der Waals surface area (Å²) in [7, 11) is 0. The Hall–Kier alpha value is -1.42. The highest BCUT2D eigenvalue weighted by atomic mass is 15.3. The molecule has 1 aromatic rings. The van der Waals surface area contributed by atoms with Crippen molar-refractivity contribution in [2.75, 3.05) is 31.1 Å². The van der Waals surface area contributed by atoms with E-state index in [1.54, 1.807) is 6.33 Å². The number of hydrogen-bond acceptors (Lipinski definition) is 4. The van der Waals surface area contributed by atoms with Gasteiger partial charge in [0.25, 0.3) is 0 Å². The van der Waals surface area contributed by atoms with E-state index in [1.165, 1.54) is 11.3 Å². The molecule has 1 aromatic heterocycles. The minimum atomic E-state index is 0.253. The van der Waals surface area contributed by atoms with Gasteiger partial charge in [0.15, 0.2) is 0 Å². The van der Waals surface area contributed by atoms with Gasteiger partial charge in [-0.05, 0) is 33.6 Å². The highest BCUT2D eigenvalue weighted by Gasteiger charge is 2.31. The highest BCUT2D eigenvalue weighted by Crippen LogP contribution is 2.38. The second-order valence-corrected chi connectivity index (χ2v) is 7.08. The van der Waals surface area contributed by atoms with Crippen LogP contribution in [0.3, 0.4) is 0 Å². The summed E-state index contributed by atoms with van der Waals surface area (Å²) in [5, 5.41) is 0. The van der Waals surface area contributed by atoms with E-state index in [4.69, 9.17) is 0 Å². The Labute approximate surface area is 127 Å². The molecule has 0 N–H and O–H groups in total. The zero-order valence-corrected chi connectivity index (χ0v) is 13.5. The van der Waals surface area contributed by atoms with Crippen LogP contribution in [0.4, 0.5) is 5.82 Å². The van der Waals surface area contributed by atoms with E-state index in [-0.39, 0.29) is 5.54 Å². The molecule has 0 bridgehead atoms. The molecule has 1 unspecified atom stereocenters. The molecule has 0 aromatic carbocycles. The first kappa shape index (κ1) is 14.5. The first-order valence-electron chi connectivity index (χ1n) is 7.97. The fourth-order valence-electron chi connectivity index (χ4n) is 3.51. The molecule has 0 saturated carbocycles. The van der Waals surface area contributed by atoms with E-state index >= 15 is 0 Å². The van der Waals surface area contributed by atoms with Crippen molar-refractivity contribution in [3.8, 4) is 0 Å². The largest absolute Gasteiger partial charge is 0.354 e. The third-order valence-corrected chi connectivity index (χ3v) is 4.82. The van der Waals surface area contributed by atoms with Crippen molar-refractivity contribution in [1.82, 2.24) is 14.9 Å². The van der Waals surface area contributed by atoms with Crippen molar-refractivity contribution < 1.29 is 0 Å². The van der Waals surface area contributed by atoms with Crippen LogP contribution in [0, 0.1) is 0 Å². The fraction of sp³-hybridized carbons (Fsp3) is 0.647. The summed E-state index contributed by atoms with van der Waals surface area (Å²) >= 11 is 0. The van der Waals surface area contributed by atoms with Crippen LogP contribution in [-0.2, 0) is 6.42 Å². The Morgan fingerprint density at radius 2 is 1.90 bits per heavy atom. The molecule has 1 aliphatic heterocycles. The molecule has 2 heterocycles. The summed E-state index contributed by atoms with van der Waals surface area (Å²) in [6, 6.07) is 0. The lowest BCUT2D eigenvalue weighted by Crippen LogP contribution is -2.53. The number of anilines is 1. The third-order valence-electron chi connectivity index (χ3n) is 4.82. The van der Waals surface area contributed by atoms with Crippen LogP contribution in [0.2, 0.25) is 0 Å². The normalized spacial score (nSPS) is 23.2. The van der Waals surface area contributed by atoms with E-state index < -0.39 is 0 Å². The van der Waals surface area contributed by atoms with Crippen LogP contribution >= 0.6 is 0 Å². The number of allylic oxidation sites excluding steroid dienone is 1. The number of aromatic nitrogens is 2. The maximum absolute atomic E-state index is 4.61. The molecule has 0 radical (unpaired) electrons. The standard InChI is InChI=1S/C17H26N4/c1-5-13-6-7-14-15(13)16(19-12-18-14)20-8-10-21(11-9-20)17(2,3)4/h5,12-13H,1,6-11H2,2-4H3. The van der Waals surface area contributed by atoms with Gasteiger partial charge < -0.3 is 4.90 Å². The summed E-state index contributed by atoms with van der Waals surface area (Å²) in [6.07, 6.45) is 5.98. The van der Waals surface area contributed by atoms with Gasteiger partial charge in [-0.3, -0.25) is 4.90 Å².